The van der Waals surface area contributed by atoms with Crippen molar-refractivity contribution in [1.82, 2.24) is 4.90 Å². The van der Waals surface area contributed by atoms with Gasteiger partial charge in [-0.25, -0.2) is 0 Å². The fourth-order valence-electron chi connectivity index (χ4n) is 4.65. The summed E-state index contributed by atoms with van der Waals surface area (Å²) in [6.45, 7) is 8.58. The minimum atomic E-state index is -0.280. The van der Waals surface area contributed by atoms with Crippen molar-refractivity contribution in [2.24, 2.45) is 5.92 Å². The summed E-state index contributed by atoms with van der Waals surface area (Å²) in [5.41, 5.74) is 1.24. The van der Waals surface area contributed by atoms with Gasteiger partial charge in [0.1, 0.15) is 6.61 Å². The lowest BCUT2D eigenvalue weighted by Gasteiger charge is -2.36. The topological polar surface area (TPSA) is 41.9 Å². The van der Waals surface area contributed by atoms with Crippen LogP contribution in [0.2, 0.25) is 0 Å². The molecule has 2 atom stereocenters. The van der Waals surface area contributed by atoms with Gasteiger partial charge in [0.25, 0.3) is 0 Å². The van der Waals surface area contributed by atoms with Crippen molar-refractivity contribution < 1.29 is 14.6 Å². The maximum Gasteiger partial charge on any atom is 0.165 e. The monoisotopic (exact) mass is 415 g/mol. The van der Waals surface area contributed by atoms with Crippen LogP contribution in [-0.2, 0) is 9.47 Å². The van der Waals surface area contributed by atoms with Gasteiger partial charge in [-0.05, 0) is 51.1 Å². The zero-order valence-corrected chi connectivity index (χ0v) is 19.4. The molecule has 1 aliphatic rings. The molecule has 0 saturated heterocycles. The molecule has 0 aromatic heterocycles. The number of benzene rings is 1. The fourth-order valence-corrected chi connectivity index (χ4v) is 4.65. The number of rotatable bonds is 11. The molecule has 0 aliphatic heterocycles. The molecule has 30 heavy (non-hydrogen) atoms. The lowest BCUT2D eigenvalue weighted by atomic mass is 9.76. The quantitative estimate of drug-likeness (QED) is 0.415. The largest absolute Gasteiger partial charge is 0.396 e. The van der Waals surface area contributed by atoms with E-state index in [0.29, 0.717) is 19.1 Å². The van der Waals surface area contributed by atoms with Crippen LogP contribution in [0.4, 0.5) is 0 Å². The van der Waals surface area contributed by atoms with Crippen molar-refractivity contribution in [3.8, 4) is 11.8 Å². The summed E-state index contributed by atoms with van der Waals surface area (Å²) in [6.07, 6.45) is 6.85. The van der Waals surface area contributed by atoms with E-state index < -0.39 is 0 Å². The third-order valence-electron chi connectivity index (χ3n) is 6.54. The van der Waals surface area contributed by atoms with E-state index in [9.17, 15) is 5.11 Å². The number of methoxy groups -OCH3 is 1. The number of ether oxygens (including phenoxy) is 2. The smallest absolute Gasteiger partial charge is 0.165 e. The highest BCUT2D eigenvalue weighted by atomic mass is 16.7. The van der Waals surface area contributed by atoms with Gasteiger partial charge in [-0.15, -0.1) is 0 Å². The zero-order chi connectivity index (χ0) is 21.8. The van der Waals surface area contributed by atoms with Crippen LogP contribution in [0.3, 0.4) is 0 Å². The lowest BCUT2D eigenvalue weighted by molar-refractivity contribution is -0.140. The predicted molar refractivity (Wildman–Crippen MR) is 123 cm³/mol. The molecule has 4 nitrogen and oxygen atoms in total. The van der Waals surface area contributed by atoms with Gasteiger partial charge in [-0.2, -0.15) is 0 Å². The Bertz CT molecular complexity index is 643. The highest BCUT2D eigenvalue weighted by Gasteiger charge is 2.32. The molecule has 2 rings (SSSR count). The highest BCUT2D eigenvalue weighted by Crippen LogP contribution is 2.39. The van der Waals surface area contributed by atoms with Crippen LogP contribution in [0.25, 0.3) is 0 Å². The second kappa shape index (κ2) is 13.1. The first-order valence-electron chi connectivity index (χ1n) is 11.5. The highest BCUT2D eigenvalue weighted by molar-refractivity contribution is 5.21. The maximum atomic E-state index is 9.30. The minimum Gasteiger partial charge on any atom is -0.396 e. The number of aliphatic hydroxyl groups excluding tert-OH is 1. The van der Waals surface area contributed by atoms with Gasteiger partial charge < -0.3 is 14.6 Å². The summed E-state index contributed by atoms with van der Waals surface area (Å²) in [4.78, 5) is 2.29. The van der Waals surface area contributed by atoms with Crippen LogP contribution in [0.15, 0.2) is 30.3 Å². The predicted octanol–water partition coefficient (Wildman–Crippen LogP) is 4.83. The van der Waals surface area contributed by atoms with Crippen molar-refractivity contribution in [2.45, 2.75) is 77.0 Å². The van der Waals surface area contributed by atoms with Crippen LogP contribution in [0, 0.1) is 17.8 Å². The molecule has 0 amide bonds. The van der Waals surface area contributed by atoms with E-state index in [2.05, 4.69) is 67.8 Å². The van der Waals surface area contributed by atoms with Crippen LogP contribution < -0.4 is 0 Å². The molecule has 1 aliphatic carbocycles. The van der Waals surface area contributed by atoms with Gasteiger partial charge in [0.15, 0.2) is 6.29 Å². The summed E-state index contributed by atoms with van der Waals surface area (Å²) in [5, 5.41) is 9.30. The number of hydrogen-bond acceptors (Lipinski definition) is 4. The second-order valence-corrected chi connectivity index (χ2v) is 8.90. The molecule has 0 bridgehead atoms. The summed E-state index contributed by atoms with van der Waals surface area (Å²) >= 11 is 0. The molecule has 0 radical (unpaired) electrons. The van der Waals surface area contributed by atoms with Gasteiger partial charge in [-0.3, -0.25) is 4.90 Å². The van der Waals surface area contributed by atoms with Crippen molar-refractivity contribution in [1.29, 1.82) is 0 Å². The maximum absolute atomic E-state index is 9.30. The van der Waals surface area contributed by atoms with Gasteiger partial charge in [0.05, 0.1) is 6.54 Å². The minimum absolute atomic E-state index is 0.0620. The molecular weight excluding hydrogens is 374 g/mol. The normalized spacial score (nSPS) is 17.4. The molecule has 0 spiro atoms. The van der Waals surface area contributed by atoms with Gasteiger partial charge in [-0.1, -0.05) is 68.4 Å². The molecule has 1 aromatic carbocycles. The van der Waals surface area contributed by atoms with Gasteiger partial charge >= 0.3 is 0 Å². The first-order valence-corrected chi connectivity index (χ1v) is 11.5. The molecule has 4 heteroatoms. The van der Waals surface area contributed by atoms with Crippen molar-refractivity contribution in [2.75, 3.05) is 33.4 Å². The molecule has 1 fully saturated rings. The van der Waals surface area contributed by atoms with Crippen LogP contribution in [0.5, 0.6) is 0 Å². The van der Waals surface area contributed by atoms with Crippen molar-refractivity contribution in [3.63, 3.8) is 0 Å². The van der Waals surface area contributed by atoms with Crippen molar-refractivity contribution >= 4 is 0 Å². The van der Waals surface area contributed by atoms with E-state index >= 15 is 0 Å². The molecule has 1 saturated carbocycles. The average molecular weight is 416 g/mol. The Morgan fingerprint density at radius 1 is 1.13 bits per heavy atom. The van der Waals surface area contributed by atoms with Crippen molar-refractivity contribution in [3.05, 3.63) is 35.9 Å². The fraction of sp³-hybridized carbons (Fsp3) is 0.692. The Morgan fingerprint density at radius 2 is 1.83 bits per heavy atom. The average Bonchev–Trinajstić information content (AvgIpc) is 2.76. The molecular formula is C26H41NO3. The SMILES string of the molecule is CCN(CC#CCOC(OC)C(c1ccccc1)C1CCCCC1)C(C)(C)CCO. The Labute approximate surface area is 184 Å². The van der Waals surface area contributed by atoms with Gasteiger partial charge in [0.2, 0.25) is 0 Å². The Morgan fingerprint density at radius 3 is 2.43 bits per heavy atom. The van der Waals surface area contributed by atoms with Crippen LogP contribution in [-0.4, -0.2) is 55.2 Å². The number of hydrogen-bond donors (Lipinski definition) is 1. The summed E-state index contributed by atoms with van der Waals surface area (Å²) in [6, 6.07) is 10.7. The Hall–Kier alpha value is -1.38. The number of aliphatic hydroxyl groups is 1. The van der Waals surface area contributed by atoms with E-state index in [1.54, 1.807) is 7.11 Å². The van der Waals surface area contributed by atoms with E-state index in [4.69, 9.17) is 9.47 Å². The second-order valence-electron chi connectivity index (χ2n) is 8.90. The molecule has 2 unspecified atom stereocenters. The standard InChI is InChI=1S/C26H41NO3/c1-5-27(26(2,3)18-20-28)19-12-13-21-30-25(29-4)24(22-14-8-6-9-15-22)23-16-10-7-11-17-23/h6,8-9,14-15,23-25,28H,5,7,10-11,16-21H2,1-4H3. The first kappa shape index (κ1) is 24.9. The first-order chi connectivity index (χ1) is 14.5. The molecule has 168 valence electrons. The summed E-state index contributed by atoms with van der Waals surface area (Å²) in [7, 11) is 1.74. The molecule has 1 aromatic rings. The number of nitrogens with zero attached hydrogens (tertiary/aromatic N) is 1. The third kappa shape index (κ3) is 7.39. The van der Waals surface area contributed by atoms with E-state index in [-0.39, 0.29) is 24.4 Å². The van der Waals surface area contributed by atoms with E-state index in [1.165, 1.54) is 37.7 Å². The summed E-state index contributed by atoms with van der Waals surface area (Å²) in [5.74, 6) is 7.27. The van der Waals surface area contributed by atoms with Gasteiger partial charge in [0, 0.05) is 25.2 Å². The Kier molecular flexibility index (Phi) is 10.9. The van der Waals surface area contributed by atoms with E-state index in [0.717, 1.165) is 13.0 Å². The molecule has 1 N–H and O–H groups in total. The van der Waals surface area contributed by atoms with Crippen LogP contribution >= 0.6 is 0 Å². The molecule has 0 heterocycles. The zero-order valence-electron chi connectivity index (χ0n) is 19.4. The lowest BCUT2D eigenvalue weighted by Crippen LogP contribution is -2.44. The third-order valence-corrected chi connectivity index (χ3v) is 6.54. The van der Waals surface area contributed by atoms with Crippen LogP contribution in [0.1, 0.15) is 70.8 Å². The Balaban J connectivity index is 1.99. The summed E-state index contributed by atoms with van der Waals surface area (Å²) < 4.78 is 12.0. The van der Waals surface area contributed by atoms with E-state index in [1.807, 2.05) is 0 Å².